The lowest BCUT2D eigenvalue weighted by Gasteiger charge is -2.18. The van der Waals surface area contributed by atoms with E-state index in [1.54, 1.807) is 18.2 Å². The van der Waals surface area contributed by atoms with Crippen LogP contribution in [0.5, 0.6) is 11.5 Å². The molecule has 0 saturated heterocycles. The second-order valence-corrected chi connectivity index (χ2v) is 7.41. The topological polar surface area (TPSA) is 87.6 Å². The van der Waals surface area contributed by atoms with E-state index in [1.807, 2.05) is 11.4 Å². The average molecular weight is 402 g/mol. The van der Waals surface area contributed by atoms with Gasteiger partial charge in [0, 0.05) is 10.9 Å². The predicted octanol–water partition coefficient (Wildman–Crippen LogP) is 2.98. The molecule has 138 valence electrons. The highest BCUT2D eigenvalue weighted by Crippen LogP contribution is 2.31. The minimum atomic E-state index is -0.479. The summed E-state index contributed by atoms with van der Waals surface area (Å²) < 4.78 is 16.0. The quantitative estimate of drug-likeness (QED) is 0.269. The number of ether oxygens (including phenoxy) is 3. The van der Waals surface area contributed by atoms with E-state index in [0.717, 1.165) is 15.2 Å². The van der Waals surface area contributed by atoms with Gasteiger partial charge in [0.2, 0.25) is 0 Å². The zero-order valence-corrected chi connectivity index (χ0v) is 15.7. The van der Waals surface area contributed by atoms with Crippen molar-refractivity contribution in [3.63, 3.8) is 0 Å². The standard InChI is InChI=1S/C18H14N2O5S2/c21-13(11-1-2-14-15(7-11)24-5-4-23-14)8-25-16(22)9-27-18-12-3-6-26-17(12)19-10-20-18/h1-3,6-7,10H,4-5,8-9H2. The van der Waals surface area contributed by atoms with E-state index in [0.29, 0.717) is 30.3 Å². The minimum Gasteiger partial charge on any atom is -0.486 e. The maximum absolute atomic E-state index is 12.2. The van der Waals surface area contributed by atoms with Crippen LogP contribution in [0.15, 0.2) is 41.0 Å². The van der Waals surface area contributed by atoms with Gasteiger partial charge in [0.15, 0.2) is 23.9 Å². The van der Waals surface area contributed by atoms with Gasteiger partial charge in [0.05, 0.1) is 5.75 Å². The molecule has 4 rings (SSSR count). The fourth-order valence-electron chi connectivity index (χ4n) is 2.50. The summed E-state index contributed by atoms with van der Waals surface area (Å²) in [5.41, 5.74) is 0.412. The normalized spacial score (nSPS) is 12.7. The molecule has 0 fully saturated rings. The first-order chi connectivity index (χ1) is 13.2. The summed E-state index contributed by atoms with van der Waals surface area (Å²) in [5, 5.41) is 3.55. The van der Waals surface area contributed by atoms with Crippen molar-refractivity contribution in [2.45, 2.75) is 5.03 Å². The first-order valence-electron chi connectivity index (χ1n) is 8.10. The number of esters is 1. The highest BCUT2D eigenvalue weighted by molar-refractivity contribution is 8.00. The van der Waals surface area contributed by atoms with Crippen LogP contribution in [0.3, 0.4) is 0 Å². The summed E-state index contributed by atoms with van der Waals surface area (Å²) in [6.07, 6.45) is 1.47. The van der Waals surface area contributed by atoms with Crippen LogP contribution in [0, 0.1) is 0 Å². The van der Waals surface area contributed by atoms with Crippen molar-refractivity contribution in [2.75, 3.05) is 25.6 Å². The van der Waals surface area contributed by atoms with Gasteiger partial charge < -0.3 is 14.2 Å². The Balaban J connectivity index is 1.31. The molecule has 0 aliphatic carbocycles. The van der Waals surface area contributed by atoms with Crippen molar-refractivity contribution in [2.24, 2.45) is 0 Å². The number of nitrogens with zero attached hydrogens (tertiary/aromatic N) is 2. The van der Waals surface area contributed by atoms with Crippen LogP contribution >= 0.6 is 23.1 Å². The summed E-state index contributed by atoms with van der Waals surface area (Å²) in [6.45, 7) is 0.605. The van der Waals surface area contributed by atoms with E-state index in [1.165, 1.54) is 29.4 Å². The molecule has 0 unspecified atom stereocenters. The fourth-order valence-corrected chi connectivity index (χ4v) is 4.07. The summed E-state index contributed by atoms with van der Waals surface area (Å²) in [7, 11) is 0. The van der Waals surface area contributed by atoms with Crippen LogP contribution in [0.1, 0.15) is 10.4 Å². The number of benzene rings is 1. The van der Waals surface area contributed by atoms with Gasteiger partial charge >= 0.3 is 5.97 Å². The SMILES string of the molecule is O=C(CSc1ncnc2sccc12)OCC(=O)c1ccc2c(c1)OCCO2. The van der Waals surface area contributed by atoms with Gasteiger partial charge in [-0.05, 0) is 29.6 Å². The van der Waals surface area contributed by atoms with Gasteiger partial charge in [-0.2, -0.15) is 0 Å². The molecule has 7 nitrogen and oxygen atoms in total. The smallest absolute Gasteiger partial charge is 0.316 e. The van der Waals surface area contributed by atoms with Crippen molar-refractivity contribution in [3.05, 3.63) is 41.5 Å². The van der Waals surface area contributed by atoms with Crippen molar-refractivity contribution < 1.29 is 23.8 Å². The van der Waals surface area contributed by atoms with E-state index < -0.39 is 5.97 Å². The van der Waals surface area contributed by atoms with Crippen LogP contribution in [0.25, 0.3) is 10.2 Å². The van der Waals surface area contributed by atoms with Crippen LogP contribution in [0.4, 0.5) is 0 Å². The maximum Gasteiger partial charge on any atom is 0.316 e. The second kappa shape index (κ2) is 7.93. The van der Waals surface area contributed by atoms with Crippen LogP contribution in [-0.2, 0) is 9.53 Å². The third-order valence-electron chi connectivity index (χ3n) is 3.78. The first-order valence-corrected chi connectivity index (χ1v) is 9.97. The molecule has 1 aromatic carbocycles. The molecule has 0 radical (unpaired) electrons. The molecule has 2 aromatic heterocycles. The number of rotatable bonds is 6. The molecule has 0 N–H and O–H groups in total. The number of thiophene rings is 1. The molecule has 9 heteroatoms. The molecular formula is C18H14N2O5S2. The highest BCUT2D eigenvalue weighted by Gasteiger charge is 2.16. The van der Waals surface area contributed by atoms with Crippen molar-refractivity contribution in [1.82, 2.24) is 9.97 Å². The fraction of sp³-hybridized carbons (Fsp3) is 0.222. The Labute approximate surface area is 162 Å². The highest BCUT2D eigenvalue weighted by atomic mass is 32.2. The summed E-state index contributed by atoms with van der Waals surface area (Å²) in [4.78, 5) is 33.5. The Morgan fingerprint density at radius 3 is 2.89 bits per heavy atom. The van der Waals surface area contributed by atoms with Crippen molar-refractivity contribution in [3.8, 4) is 11.5 Å². The molecule has 0 saturated carbocycles. The van der Waals surface area contributed by atoms with Crippen LogP contribution in [0.2, 0.25) is 0 Å². The summed E-state index contributed by atoms with van der Waals surface area (Å²) >= 11 is 2.77. The summed E-state index contributed by atoms with van der Waals surface area (Å²) in [5.74, 6) is 0.421. The zero-order valence-electron chi connectivity index (χ0n) is 14.0. The number of ketones is 1. The van der Waals surface area contributed by atoms with Crippen molar-refractivity contribution >= 4 is 45.1 Å². The second-order valence-electron chi connectivity index (χ2n) is 5.55. The van der Waals surface area contributed by atoms with Gasteiger partial charge in [-0.3, -0.25) is 9.59 Å². The lowest BCUT2D eigenvalue weighted by atomic mass is 10.1. The third-order valence-corrected chi connectivity index (χ3v) is 5.58. The number of carbonyl (C=O) groups excluding carboxylic acids is 2. The Morgan fingerprint density at radius 2 is 2.00 bits per heavy atom. The molecule has 1 aliphatic rings. The number of Topliss-reactive ketones (excluding diaryl/α,β-unsaturated/α-hetero) is 1. The van der Waals surface area contributed by atoms with E-state index in [-0.39, 0.29) is 18.1 Å². The average Bonchev–Trinajstić information content (AvgIpc) is 3.19. The molecule has 0 amide bonds. The molecule has 0 spiro atoms. The first kappa shape index (κ1) is 17.7. The van der Waals surface area contributed by atoms with Gasteiger partial charge in [-0.25, -0.2) is 9.97 Å². The number of carbonyl (C=O) groups is 2. The Bertz CT molecular complexity index is 1000. The number of hydrogen-bond donors (Lipinski definition) is 0. The lowest BCUT2D eigenvalue weighted by Crippen LogP contribution is -2.18. The summed E-state index contributed by atoms with van der Waals surface area (Å²) in [6, 6.07) is 6.83. The molecule has 3 heterocycles. The van der Waals surface area contributed by atoms with Gasteiger partial charge in [0.1, 0.15) is 29.4 Å². The molecule has 0 atom stereocenters. The maximum atomic E-state index is 12.2. The Morgan fingerprint density at radius 1 is 1.15 bits per heavy atom. The van der Waals surface area contributed by atoms with Crippen molar-refractivity contribution in [1.29, 1.82) is 0 Å². The zero-order chi connectivity index (χ0) is 18.6. The van der Waals surface area contributed by atoms with E-state index in [9.17, 15) is 9.59 Å². The predicted molar refractivity (Wildman–Crippen MR) is 101 cm³/mol. The number of thioether (sulfide) groups is 1. The molecule has 1 aliphatic heterocycles. The van der Waals surface area contributed by atoms with E-state index >= 15 is 0 Å². The lowest BCUT2D eigenvalue weighted by molar-refractivity contribution is -0.139. The number of fused-ring (bicyclic) bond motifs is 2. The number of aromatic nitrogens is 2. The van der Waals surface area contributed by atoms with E-state index in [4.69, 9.17) is 14.2 Å². The van der Waals surface area contributed by atoms with E-state index in [2.05, 4.69) is 9.97 Å². The molecule has 0 bridgehead atoms. The van der Waals surface area contributed by atoms with Crippen LogP contribution in [-0.4, -0.2) is 47.3 Å². The van der Waals surface area contributed by atoms with Gasteiger partial charge in [0.25, 0.3) is 0 Å². The van der Waals surface area contributed by atoms with Crippen LogP contribution < -0.4 is 9.47 Å². The third kappa shape index (κ3) is 4.04. The molecule has 3 aromatic rings. The van der Waals surface area contributed by atoms with Gasteiger partial charge in [-0.15, -0.1) is 11.3 Å². The molecule has 27 heavy (non-hydrogen) atoms. The monoisotopic (exact) mass is 402 g/mol. The van der Waals surface area contributed by atoms with Gasteiger partial charge in [-0.1, -0.05) is 11.8 Å². The molecular weight excluding hydrogens is 388 g/mol. The number of hydrogen-bond acceptors (Lipinski definition) is 9. The largest absolute Gasteiger partial charge is 0.486 e. The minimum absolute atomic E-state index is 0.0659. The Hall–Kier alpha value is -2.65. The Kier molecular flexibility index (Phi) is 5.21.